The van der Waals surface area contributed by atoms with E-state index in [1.807, 2.05) is 30.3 Å². The number of carbonyl (C=O) groups is 2. The number of hydrogen-bond acceptors (Lipinski definition) is 8. The Bertz CT molecular complexity index is 1400. The number of rotatable bonds is 9. The number of anilines is 1. The van der Waals surface area contributed by atoms with Gasteiger partial charge in [0.2, 0.25) is 5.91 Å². The second-order valence-corrected chi connectivity index (χ2v) is 7.74. The lowest BCUT2D eigenvalue weighted by Gasteiger charge is -2.10. The van der Waals surface area contributed by atoms with Crippen LogP contribution < -0.4 is 16.2 Å². The van der Waals surface area contributed by atoms with Gasteiger partial charge in [0.25, 0.3) is 5.56 Å². The summed E-state index contributed by atoms with van der Waals surface area (Å²) >= 11 is 0. The van der Waals surface area contributed by atoms with E-state index < -0.39 is 6.09 Å². The van der Waals surface area contributed by atoms with Crippen molar-refractivity contribution in [2.24, 2.45) is 0 Å². The highest BCUT2D eigenvalue weighted by atomic mass is 16.5. The SMILES string of the molecule is CCOC(=O)Nc1cccc(Cn2nc(-c3cccc(CNC(=O)Cc4nn[nH]n4)c3)ccc2=O)c1. The molecule has 0 atom stereocenters. The second-order valence-electron chi connectivity index (χ2n) is 7.74. The molecule has 36 heavy (non-hydrogen) atoms. The van der Waals surface area contributed by atoms with E-state index in [9.17, 15) is 14.4 Å². The van der Waals surface area contributed by atoms with Crippen molar-refractivity contribution in [3.8, 4) is 11.3 Å². The van der Waals surface area contributed by atoms with E-state index in [4.69, 9.17) is 4.74 Å². The third-order valence-corrected chi connectivity index (χ3v) is 5.07. The molecule has 4 rings (SSSR count). The van der Waals surface area contributed by atoms with Gasteiger partial charge in [-0.25, -0.2) is 9.48 Å². The second kappa shape index (κ2) is 11.5. The van der Waals surface area contributed by atoms with Crippen molar-refractivity contribution in [1.82, 2.24) is 35.7 Å². The van der Waals surface area contributed by atoms with Crippen molar-refractivity contribution in [3.05, 3.63) is 88.0 Å². The van der Waals surface area contributed by atoms with Crippen LogP contribution in [-0.4, -0.2) is 49.0 Å². The van der Waals surface area contributed by atoms with Gasteiger partial charge in [0.15, 0.2) is 5.82 Å². The Hall–Kier alpha value is -4.87. The summed E-state index contributed by atoms with van der Waals surface area (Å²) in [6.07, 6.45) is -0.517. The minimum atomic E-state index is -0.544. The topological polar surface area (TPSA) is 157 Å². The first-order chi connectivity index (χ1) is 17.5. The highest BCUT2D eigenvalue weighted by molar-refractivity contribution is 5.84. The third-order valence-electron chi connectivity index (χ3n) is 5.07. The number of aromatic nitrogens is 6. The fourth-order valence-electron chi connectivity index (χ4n) is 3.43. The van der Waals surface area contributed by atoms with E-state index in [1.54, 1.807) is 31.2 Å². The Morgan fingerprint density at radius 1 is 1.06 bits per heavy atom. The largest absolute Gasteiger partial charge is 0.450 e. The van der Waals surface area contributed by atoms with Crippen molar-refractivity contribution >= 4 is 17.7 Å². The summed E-state index contributed by atoms with van der Waals surface area (Å²) in [4.78, 5) is 36.3. The fourth-order valence-corrected chi connectivity index (χ4v) is 3.43. The maximum Gasteiger partial charge on any atom is 0.411 e. The Morgan fingerprint density at radius 3 is 2.69 bits per heavy atom. The van der Waals surface area contributed by atoms with E-state index in [0.29, 0.717) is 23.8 Å². The van der Waals surface area contributed by atoms with Gasteiger partial charge in [-0.2, -0.15) is 10.3 Å². The van der Waals surface area contributed by atoms with Crippen LogP contribution in [0.2, 0.25) is 0 Å². The van der Waals surface area contributed by atoms with Crippen LogP contribution in [0.25, 0.3) is 11.3 Å². The molecule has 0 unspecified atom stereocenters. The van der Waals surface area contributed by atoms with Gasteiger partial charge < -0.3 is 10.1 Å². The summed E-state index contributed by atoms with van der Waals surface area (Å²) < 4.78 is 6.26. The number of hydrogen-bond donors (Lipinski definition) is 3. The Morgan fingerprint density at radius 2 is 1.89 bits per heavy atom. The standard InChI is InChI=1S/C24H24N8O4/c1-2-36-24(35)26-19-8-4-6-17(12-19)15-32-23(34)10-9-20(29-32)18-7-3-5-16(11-18)14-25-22(33)13-21-27-30-31-28-21/h3-12H,2,13-15H2,1H3,(H,25,33)(H,26,35)(H,27,28,30,31). The smallest absolute Gasteiger partial charge is 0.411 e. The van der Waals surface area contributed by atoms with Crippen molar-refractivity contribution in [2.45, 2.75) is 26.4 Å². The molecule has 2 aromatic carbocycles. The predicted molar refractivity (Wildman–Crippen MR) is 130 cm³/mol. The molecule has 0 saturated heterocycles. The van der Waals surface area contributed by atoms with Crippen LogP contribution in [0.4, 0.5) is 10.5 Å². The van der Waals surface area contributed by atoms with Crippen molar-refractivity contribution in [2.75, 3.05) is 11.9 Å². The molecule has 0 spiro atoms. The minimum Gasteiger partial charge on any atom is -0.450 e. The first kappa shape index (κ1) is 24.3. The summed E-state index contributed by atoms with van der Waals surface area (Å²) in [5.41, 5.74) is 3.36. The summed E-state index contributed by atoms with van der Waals surface area (Å²) in [7, 11) is 0. The molecule has 0 bridgehead atoms. The molecule has 12 nitrogen and oxygen atoms in total. The molecule has 0 radical (unpaired) electrons. The minimum absolute atomic E-state index is 0.0270. The monoisotopic (exact) mass is 488 g/mol. The molecular weight excluding hydrogens is 464 g/mol. The Labute approximate surface area is 205 Å². The number of carbonyl (C=O) groups excluding carboxylic acids is 2. The molecule has 0 aliphatic heterocycles. The Kier molecular flexibility index (Phi) is 7.76. The van der Waals surface area contributed by atoms with Crippen molar-refractivity contribution < 1.29 is 14.3 Å². The summed E-state index contributed by atoms with van der Waals surface area (Å²) in [6, 6.07) is 17.8. The molecule has 0 saturated carbocycles. The summed E-state index contributed by atoms with van der Waals surface area (Å²) in [6.45, 7) is 2.53. The highest BCUT2D eigenvalue weighted by Crippen LogP contribution is 2.18. The van der Waals surface area contributed by atoms with Gasteiger partial charge in [-0.15, -0.1) is 10.2 Å². The number of benzene rings is 2. The number of aromatic amines is 1. The molecule has 3 N–H and O–H groups in total. The van der Waals surface area contributed by atoms with Crippen LogP contribution in [0.15, 0.2) is 65.5 Å². The molecule has 0 aliphatic rings. The molecule has 2 aromatic heterocycles. The quantitative estimate of drug-likeness (QED) is 0.322. The third kappa shape index (κ3) is 6.59. The normalized spacial score (nSPS) is 10.6. The Balaban J connectivity index is 1.45. The van der Waals surface area contributed by atoms with E-state index >= 15 is 0 Å². The van der Waals surface area contributed by atoms with Crippen LogP contribution in [-0.2, 0) is 29.0 Å². The van der Waals surface area contributed by atoms with Gasteiger partial charge >= 0.3 is 6.09 Å². The average molecular weight is 489 g/mol. The number of tetrazole rings is 1. The number of ether oxygens (including phenoxy) is 1. The lowest BCUT2D eigenvalue weighted by Crippen LogP contribution is -2.25. The van der Waals surface area contributed by atoms with Gasteiger partial charge in [-0.05, 0) is 42.3 Å². The zero-order valence-electron chi connectivity index (χ0n) is 19.5. The number of amides is 2. The molecule has 2 heterocycles. The van der Waals surface area contributed by atoms with E-state index in [2.05, 4.69) is 36.4 Å². The fraction of sp³-hybridized carbons (Fsp3) is 0.208. The molecule has 12 heteroatoms. The van der Waals surface area contributed by atoms with Crippen LogP contribution in [0.3, 0.4) is 0 Å². The molecule has 2 amide bonds. The maximum absolute atomic E-state index is 12.5. The van der Waals surface area contributed by atoms with Crippen LogP contribution in [0, 0.1) is 0 Å². The van der Waals surface area contributed by atoms with Crippen LogP contribution >= 0.6 is 0 Å². The maximum atomic E-state index is 12.5. The average Bonchev–Trinajstić information content (AvgIpc) is 3.38. The number of nitrogens with zero attached hydrogens (tertiary/aromatic N) is 5. The number of H-pyrrole nitrogens is 1. The molecular formula is C24H24N8O4. The van der Waals surface area contributed by atoms with Gasteiger partial charge in [-0.1, -0.05) is 35.5 Å². The van der Waals surface area contributed by atoms with Crippen LogP contribution in [0.1, 0.15) is 23.9 Å². The predicted octanol–water partition coefficient (Wildman–Crippen LogP) is 1.90. The zero-order chi connectivity index (χ0) is 25.3. The summed E-state index contributed by atoms with van der Waals surface area (Å²) in [5.74, 6) is 0.0862. The van der Waals surface area contributed by atoms with Gasteiger partial charge in [0.1, 0.15) is 0 Å². The van der Waals surface area contributed by atoms with Gasteiger partial charge in [-0.3, -0.25) is 14.9 Å². The molecule has 184 valence electrons. The van der Waals surface area contributed by atoms with Gasteiger partial charge in [0, 0.05) is 23.9 Å². The first-order valence-electron chi connectivity index (χ1n) is 11.2. The van der Waals surface area contributed by atoms with E-state index in [1.165, 1.54) is 10.7 Å². The van der Waals surface area contributed by atoms with Crippen molar-refractivity contribution in [1.29, 1.82) is 0 Å². The summed E-state index contributed by atoms with van der Waals surface area (Å²) in [5, 5.41) is 23.3. The lowest BCUT2D eigenvalue weighted by molar-refractivity contribution is -0.120. The molecule has 0 aliphatic carbocycles. The molecule has 0 fully saturated rings. The highest BCUT2D eigenvalue weighted by Gasteiger charge is 2.09. The van der Waals surface area contributed by atoms with Crippen LogP contribution in [0.5, 0.6) is 0 Å². The lowest BCUT2D eigenvalue weighted by atomic mass is 10.1. The van der Waals surface area contributed by atoms with Crippen molar-refractivity contribution in [3.63, 3.8) is 0 Å². The first-order valence-corrected chi connectivity index (χ1v) is 11.2. The van der Waals surface area contributed by atoms with E-state index in [-0.39, 0.29) is 31.0 Å². The number of nitrogens with one attached hydrogen (secondary N) is 3. The van der Waals surface area contributed by atoms with E-state index in [0.717, 1.165) is 16.7 Å². The molecule has 4 aromatic rings. The van der Waals surface area contributed by atoms with Gasteiger partial charge in [0.05, 0.1) is 25.3 Å². The zero-order valence-corrected chi connectivity index (χ0v) is 19.5.